The maximum absolute atomic E-state index is 12.1. The first-order chi connectivity index (χ1) is 11.6. The van der Waals surface area contributed by atoms with Gasteiger partial charge in [-0.2, -0.15) is 0 Å². The van der Waals surface area contributed by atoms with E-state index in [4.69, 9.17) is 16.0 Å². The maximum Gasteiger partial charge on any atom is 0.238 e. The Labute approximate surface area is 148 Å². The van der Waals surface area contributed by atoms with Crippen molar-refractivity contribution in [1.82, 2.24) is 9.88 Å². The van der Waals surface area contributed by atoms with E-state index in [1.54, 1.807) is 48.1 Å². The number of hydrogen-bond acceptors (Lipinski definition) is 5. The molecule has 0 aliphatic carbocycles. The van der Waals surface area contributed by atoms with E-state index in [1.165, 1.54) is 0 Å². The third-order valence-corrected chi connectivity index (χ3v) is 4.45. The SMILES string of the molecule is CN(CC(=O)Nc1cccc(Cl)c1)Cc1csc(-c2ccoc2)n1. The number of amides is 1. The summed E-state index contributed by atoms with van der Waals surface area (Å²) in [6.45, 7) is 0.863. The van der Waals surface area contributed by atoms with Gasteiger partial charge in [-0.1, -0.05) is 17.7 Å². The lowest BCUT2D eigenvalue weighted by Gasteiger charge is -2.15. The average molecular weight is 362 g/mol. The van der Waals surface area contributed by atoms with Crippen molar-refractivity contribution in [2.24, 2.45) is 0 Å². The Bertz CT molecular complexity index is 817. The number of carbonyl (C=O) groups excluding carboxylic acids is 1. The Morgan fingerprint density at radius 1 is 1.42 bits per heavy atom. The van der Waals surface area contributed by atoms with Crippen LogP contribution in [0.4, 0.5) is 5.69 Å². The Morgan fingerprint density at radius 3 is 3.04 bits per heavy atom. The first-order valence-electron chi connectivity index (χ1n) is 7.31. The molecule has 24 heavy (non-hydrogen) atoms. The van der Waals surface area contributed by atoms with Crippen LogP contribution in [0.1, 0.15) is 5.69 Å². The molecule has 0 fully saturated rings. The molecule has 7 heteroatoms. The van der Waals surface area contributed by atoms with Crippen molar-refractivity contribution in [3.8, 4) is 10.6 Å². The highest BCUT2D eigenvalue weighted by atomic mass is 35.5. The Balaban J connectivity index is 1.53. The van der Waals surface area contributed by atoms with Crippen LogP contribution in [0.5, 0.6) is 0 Å². The minimum Gasteiger partial charge on any atom is -0.472 e. The fourth-order valence-electron chi connectivity index (χ4n) is 2.24. The first kappa shape index (κ1) is 16.7. The highest BCUT2D eigenvalue weighted by molar-refractivity contribution is 7.13. The Kier molecular flexibility index (Phi) is 5.30. The highest BCUT2D eigenvalue weighted by Gasteiger charge is 2.11. The lowest BCUT2D eigenvalue weighted by atomic mass is 10.3. The summed E-state index contributed by atoms with van der Waals surface area (Å²) in [6.07, 6.45) is 3.30. The number of rotatable bonds is 6. The van der Waals surface area contributed by atoms with Gasteiger partial charge in [0.15, 0.2) is 0 Å². The van der Waals surface area contributed by atoms with Crippen LogP contribution in [0.25, 0.3) is 10.6 Å². The number of nitrogens with zero attached hydrogens (tertiary/aromatic N) is 2. The first-order valence-corrected chi connectivity index (χ1v) is 8.57. The van der Waals surface area contributed by atoms with Gasteiger partial charge in [0.2, 0.25) is 5.91 Å². The smallest absolute Gasteiger partial charge is 0.238 e. The fourth-order valence-corrected chi connectivity index (χ4v) is 3.23. The lowest BCUT2D eigenvalue weighted by Crippen LogP contribution is -2.29. The summed E-state index contributed by atoms with van der Waals surface area (Å²) in [5.41, 5.74) is 2.58. The monoisotopic (exact) mass is 361 g/mol. The van der Waals surface area contributed by atoms with Gasteiger partial charge in [0, 0.05) is 28.2 Å². The Morgan fingerprint density at radius 2 is 2.29 bits per heavy atom. The van der Waals surface area contributed by atoms with E-state index >= 15 is 0 Å². The minimum atomic E-state index is -0.0925. The number of carbonyl (C=O) groups is 1. The molecule has 0 bridgehead atoms. The van der Waals surface area contributed by atoms with Crippen LogP contribution < -0.4 is 5.32 Å². The zero-order chi connectivity index (χ0) is 16.9. The summed E-state index contributed by atoms with van der Waals surface area (Å²) >= 11 is 7.47. The second-order valence-corrected chi connectivity index (χ2v) is 6.68. The van der Waals surface area contributed by atoms with Crippen LogP contribution in [-0.2, 0) is 11.3 Å². The molecule has 0 aliphatic heterocycles. The van der Waals surface area contributed by atoms with Crippen molar-refractivity contribution in [3.05, 3.63) is 59.0 Å². The molecule has 0 radical (unpaired) electrons. The van der Waals surface area contributed by atoms with E-state index in [1.807, 2.05) is 23.4 Å². The normalized spacial score (nSPS) is 11.0. The summed E-state index contributed by atoms with van der Waals surface area (Å²) in [7, 11) is 1.88. The van der Waals surface area contributed by atoms with E-state index in [2.05, 4.69) is 10.3 Å². The molecule has 3 aromatic rings. The van der Waals surface area contributed by atoms with Crippen molar-refractivity contribution in [3.63, 3.8) is 0 Å². The molecule has 0 saturated carbocycles. The standard InChI is InChI=1S/C17H16ClN3O2S/c1-21(9-16(22)19-14-4-2-3-13(18)7-14)8-15-11-24-17(20-15)12-5-6-23-10-12/h2-7,10-11H,8-9H2,1H3,(H,19,22). The van der Waals surface area contributed by atoms with Crippen molar-refractivity contribution < 1.29 is 9.21 Å². The number of furan rings is 1. The van der Waals surface area contributed by atoms with E-state index in [9.17, 15) is 4.79 Å². The van der Waals surface area contributed by atoms with Crippen LogP contribution in [0.3, 0.4) is 0 Å². The topological polar surface area (TPSA) is 58.4 Å². The number of benzene rings is 1. The molecule has 2 heterocycles. The van der Waals surface area contributed by atoms with Gasteiger partial charge in [0.05, 0.1) is 18.5 Å². The van der Waals surface area contributed by atoms with E-state index in [0.29, 0.717) is 17.3 Å². The van der Waals surface area contributed by atoms with Crippen LogP contribution >= 0.6 is 22.9 Å². The second kappa shape index (κ2) is 7.61. The third kappa shape index (κ3) is 4.44. The largest absolute Gasteiger partial charge is 0.472 e. The lowest BCUT2D eigenvalue weighted by molar-refractivity contribution is -0.117. The molecule has 1 N–H and O–H groups in total. The number of hydrogen-bond donors (Lipinski definition) is 1. The summed E-state index contributed by atoms with van der Waals surface area (Å²) in [4.78, 5) is 18.6. The molecule has 3 rings (SSSR count). The van der Waals surface area contributed by atoms with Crippen LogP contribution in [0.15, 0.2) is 52.7 Å². The summed E-state index contributed by atoms with van der Waals surface area (Å²) in [5.74, 6) is -0.0925. The average Bonchev–Trinajstić information content (AvgIpc) is 3.17. The predicted molar refractivity (Wildman–Crippen MR) is 96.2 cm³/mol. The van der Waals surface area contributed by atoms with Gasteiger partial charge in [-0.3, -0.25) is 9.69 Å². The maximum atomic E-state index is 12.1. The van der Waals surface area contributed by atoms with Gasteiger partial charge >= 0.3 is 0 Å². The Hall–Kier alpha value is -2.15. The molecular formula is C17H16ClN3O2S. The molecule has 2 aromatic heterocycles. The van der Waals surface area contributed by atoms with E-state index in [-0.39, 0.29) is 12.5 Å². The van der Waals surface area contributed by atoms with Gasteiger partial charge in [0.1, 0.15) is 11.3 Å². The van der Waals surface area contributed by atoms with Gasteiger partial charge in [-0.15, -0.1) is 11.3 Å². The minimum absolute atomic E-state index is 0.0925. The number of aromatic nitrogens is 1. The van der Waals surface area contributed by atoms with E-state index < -0.39 is 0 Å². The van der Waals surface area contributed by atoms with Gasteiger partial charge in [0.25, 0.3) is 0 Å². The molecule has 0 aliphatic rings. The second-order valence-electron chi connectivity index (χ2n) is 5.39. The molecule has 1 aromatic carbocycles. The van der Waals surface area contributed by atoms with Crippen LogP contribution in [0.2, 0.25) is 5.02 Å². The van der Waals surface area contributed by atoms with Crippen LogP contribution in [-0.4, -0.2) is 29.4 Å². The number of anilines is 1. The highest BCUT2D eigenvalue weighted by Crippen LogP contribution is 2.24. The molecule has 0 atom stereocenters. The zero-order valence-electron chi connectivity index (χ0n) is 13.0. The zero-order valence-corrected chi connectivity index (χ0v) is 14.6. The quantitative estimate of drug-likeness (QED) is 0.717. The van der Waals surface area contributed by atoms with Gasteiger partial charge in [-0.25, -0.2) is 4.98 Å². The third-order valence-electron chi connectivity index (χ3n) is 3.27. The van der Waals surface area contributed by atoms with Crippen molar-refractivity contribution in [2.45, 2.75) is 6.54 Å². The van der Waals surface area contributed by atoms with Crippen molar-refractivity contribution in [2.75, 3.05) is 18.9 Å². The summed E-state index contributed by atoms with van der Waals surface area (Å²) in [6, 6.07) is 8.97. The molecule has 5 nitrogen and oxygen atoms in total. The van der Waals surface area contributed by atoms with E-state index in [0.717, 1.165) is 16.3 Å². The van der Waals surface area contributed by atoms with Gasteiger partial charge < -0.3 is 9.73 Å². The molecule has 0 unspecified atom stereocenters. The number of halogens is 1. The molecule has 1 amide bonds. The summed E-state index contributed by atoms with van der Waals surface area (Å²) < 4.78 is 5.07. The predicted octanol–water partition coefficient (Wildman–Crippen LogP) is 4.13. The van der Waals surface area contributed by atoms with Crippen LogP contribution in [0, 0.1) is 0 Å². The number of likely N-dealkylation sites (N-methyl/N-ethyl adjacent to an activating group) is 1. The molecular weight excluding hydrogens is 346 g/mol. The number of thiazole rings is 1. The molecule has 0 saturated heterocycles. The molecule has 124 valence electrons. The van der Waals surface area contributed by atoms with Crippen molar-refractivity contribution in [1.29, 1.82) is 0 Å². The van der Waals surface area contributed by atoms with Gasteiger partial charge in [-0.05, 0) is 31.3 Å². The van der Waals surface area contributed by atoms with Crippen molar-refractivity contribution >= 4 is 34.5 Å². The molecule has 0 spiro atoms. The summed E-state index contributed by atoms with van der Waals surface area (Å²) in [5, 5.41) is 6.33. The fraction of sp³-hybridized carbons (Fsp3) is 0.176. The number of nitrogens with one attached hydrogen (secondary N) is 1.